The Balaban J connectivity index is 2.08. The van der Waals surface area contributed by atoms with Crippen molar-refractivity contribution in [1.82, 2.24) is 0 Å². The highest BCUT2D eigenvalue weighted by Gasteiger charge is 2.32. The van der Waals surface area contributed by atoms with Crippen LogP contribution in [-0.4, -0.2) is 11.9 Å². The van der Waals surface area contributed by atoms with Crippen molar-refractivity contribution in [2.75, 3.05) is 0 Å². The topological polar surface area (TPSA) is 52.6 Å². The first-order valence-corrected chi connectivity index (χ1v) is 9.42. The molecule has 0 N–H and O–H groups in total. The Labute approximate surface area is 167 Å². The number of benzene rings is 4. The molecule has 0 heterocycles. The molecule has 4 nitrogen and oxygen atoms in total. The fourth-order valence-corrected chi connectivity index (χ4v) is 4.48. The van der Waals surface area contributed by atoms with Crippen LogP contribution in [-0.2, 0) is 19.1 Å². The summed E-state index contributed by atoms with van der Waals surface area (Å²) in [6.45, 7) is 6.87. The molecular formula is C25H18O4. The normalized spacial score (nSPS) is 15.9. The van der Waals surface area contributed by atoms with Crippen molar-refractivity contribution >= 4 is 50.0 Å². The van der Waals surface area contributed by atoms with Gasteiger partial charge in [-0.25, -0.2) is 0 Å². The minimum atomic E-state index is -0.727. The van der Waals surface area contributed by atoms with Gasteiger partial charge in [-0.05, 0) is 26.9 Å². The minimum absolute atomic E-state index is 0.357. The lowest BCUT2D eigenvalue weighted by molar-refractivity contribution is -0.144. The molecule has 0 amide bonds. The van der Waals surface area contributed by atoms with Crippen molar-refractivity contribution in [2.45, 2.75) is 20.0 Å². The van der Waals surface area contributed by atoms with Crippen molar-refractivity contribution in [3.8, 4) is 0 Å². The quantitative estimate of drug-likeness (QED) is 0.286. The van der Waals surface area contributed by atoms with Crippen LogP contribution in [0.5, 0.6) is 0 Å². The summed E-state index contributed by atoms with van der Waals surface area (Å²) < 4.78 is 11.3. The molecule has 4 aromatic rings. The van der Waals surface area contributed by atoms with Gasteiger partial charge in [0.15, 0.2) is 6.10 Å². The monoisotopic (exact) mass is 382 g/mol. The molecule has 0 spiro atoms. The zero-order valence-electron chi connectivity index (χ0n) is 16.1. The molecule has 4 aromatic carbocycles. The van der Waals surface area contributed by atoms with Gasteiger partial charge in [0.05, 0.1) is 0 Å². The van der Waals surface area contributed by atoms with E-state index in [0.717, 1.165) is 43.1 Å². The summed E-state index contributed by atoms with van der Waals surface area (Å²) in [7, 11) is 0. The van der Waals surface area contributed by atoms with Crippen LogP contribution in [0.15, 0.2) is 66.7 Å². The molecule has 4 heteroatoms. The summed E-state index contributed by atoms with van der Waals surface area (Å²) >= 11 is 0. The molecule has 1 aliphatic carbocycles. The van der Waals surface area contributed by atoms with E-state index < -0.39 is 18.0 Å². The van der Waals surface area contributed by atoms with Gasteiger partial charge in [-0.15, -0.1) is 0 Å². The summed E-state index contributed by atoms with van der Waals surface area (Å²) in [6.07, 6.45) is -0.727. The molecule has 0 aliphatic heterocycles. The lowest BCUT2D eigenvalue weighted by Crippen LogP contribution is -2.25. The Morgan fingerprint density at radius 1 is 0.828 bits per heavy atom. The number of rotatable bonds is 2. The molecule has 0 saturated heterocycles. The molecule has 0 saturated carbocycles. The maximum Gasteiger partial charge on any atom is 0.308 e. The molecule has 1 aliphatic rings. The Kier molecular flexibility index (Phi) is 3.71. The second kappa shape index (κ2) is 6.17. The van der Waals surface area contributed by atoms with Gasteiger partial charge in [0.2, 0.25) is 0 Å². The average Bonchev–Trinajstić information content (AvgIpc) is 2.69. The number of ether oxygens (including phenoxy) is 2. The largest absolute Gasteiger partial charge is 0.453 e. The third-order valence-corrected chi connectivity index (χ3v) is 5.46. The van der Waals surface area contributed by atoms with E-state index in [4.69, 9.17) is 9.47 Å². The maximum absolute atomic E-state index is 12.0. The van der Waals surface area contributed by atoms with Crippen molar-refractivity contribution in [3.05, 3.63) is 77.5 Å². The first-order valence-electron chi connectivity index (χ1n) is 9.42. The van der Waals surface area contributed by atoms with Gasteiger partial charge < -0.3 is 9.47 Å². The van der Waals surface area contributed by atoms with Gasteiger partial charge in [-0.1, -0.05) is 61.2 Å². The first-order chi connectivity index (χ1) is 14.0. The van der Waals surface area contributed by atoms with Crippen molar-refractivity contribution in [2.24, 2.45) is 0 Å². The van der Waals surface area contributed by atoms with Crippen LogP contribution in [0.2, 0.25) is 0 Å². The van der Waals surface area contributed by atoms with E-state index in [-0.39, 0.29) is 0 Å². The molecule has 142 valence electrons. The summed E-state index contributed by atoms with van der Waals surface area (Å²) in [6, 6.07) is 18.2. The highest BCUT2D eigenvalue weighted by Crippen LogP contribution is 2.45. The average molecular weight is 382 g/mol. The number of carbonyl (C=O) groups is 2. The lowest BCUT2D eigenvalue weighted by atomic mass is 9.82. The van der Waals surface area contributed by atoms with Crippen molar-refractivity contribution in [3.63, 3.8) is 0 Å². The molecular weight excluding hydrogens is 364 g/mol. The molecule has 0 bridgehead atoms. The summed E-state index contributed by atoms with van der Waals surface area (Å²) in [5.41, 5.74) is 1.35. The van der Waals surface area contributed by atoms with Gasteiger partial charge in [0, 0.05) is 35.6 Å². The molecule has 0 fully saturated rings. The third kappa shape index (κ3) is 2.46. The van der Waals surface area contributed by atoms with E-state index in [1.165, 1.54) is 13.8 Å². The van der Waals surface area contributed by atoms with Gasteiger partial charge >= 0.3 is 11.9 Å². The maximum atomic E-state index is 12.0. The Hall–Kier alpha value is -3.66. The van der Waals surface area contributed by atoms with Crippen LogP contribution in [0.3, 0.4) is 0 Å². The summed E-state index contributed by atoms with van der Waals surface area (Å²) in [5, 5.41) is 7.08. The zero-order valence-corrected chi connectivity index (χ0v) is 16.1. The van der Waals surface area contributed by atoms with Gasteiger partial charge in [-0.3, -0.25) is 9.59 Å². The van der Waals surface area contributed by atoms with E-state index in [1.807, 2.05) is 36.4 Å². The van der Waals surface area contributed by atoms with E-state index >= 15 is 0 Å². The SMILES string of the molecule is C=C1C(OC(C)=O)=c2cccc3c2c(c2cccc4cccc3c42)C1OC(C)=O. The third-order valence-electron chi connectivity index (χ3n) is 5.46. The number of carbonyl (C=O) groups excluding carboxylic acids is 2. The number of hydrogen-bond donors (Lipinski definition) is 0. The van der Waals surface area contributed by atoms with E-state index in [0.29, 0.717) is 11.3 Å². The van der Waals surface area contributed by atoms with Crippen molar-refractivity contribution < 1.29 is 19.1 Å². The van der Waals surface area contributed by atoms with Crippen LogP contribution in [0.25, 0.3) is 38.1 Å². The highest BCUT2D eigenvalue weighted by atomic mass is 16.6. The predicted molar refractivity (Wildman–Crippen MR) is 113 cm³/mol. The van der Waals surface area contributed by atoms with Crippen LogP contribution in [0.1, 0.15) is 25.5 Å². The standard InChI is InChI=1S/C25H18O4/c1-13-24(28-14(2)26)20-12-6-10-18-17-9-4-7-16-8-5-11-19(21(16)17)23(22(18)20)25(13)29-15(3)27/h4-12,25H,1H2,2-3H3. The lowest BCUT2D eigenvalue weighted by Gasteiger charge is -2.29. The van der Waals surface area contributed by atoms with Crippen LogP contribution in [0, 0.1) is 0 Å². The number of fused-ring (bicyclic) bond motifs is 2. The first kappa shape index (κ1) is 17.4. The van der Waals surface area contributed by atoms with Crippen molar-refractivity contribution in [1.29, 1.82) is 0 Å². The van der Waals surface area contributed by atoms with Gasteiger partial charge in [0.1, 0.15) is 5.76 Å². The fraction of sp³-hybridized carbons (Fsp3) is 0.120. The van der Waals surface area contributed by atoms with Gasteiger partial charge in [-0.2, -0.15) is 0 Å². The Morgan fingerprint density at radius 3 is 2.10 bits per heavy atom. The molecule has 29 heavy (non-hydrogen) atoms. The van der Waals surface area contributed by atoms with Crippen LogP contribution in [0.4, 0.5) is 0 Å². The van der Waals surface area contributed by atoms with E-state index in [1.54, 1.807) is 0 Å². The smallest absolute Gasteiger partial charge is 0.308 e. The minimum Gasteiger partial charge on any atom is -0.453 e. The molecule has 1 unspecified atom stereocenters. The molecule has 1 atom stereocenters. The Bertz CT molecular complexity index is 1420. The summed E-state index contributed by atoms with van der Waals surface area (Å²) in [5.74, 6) is -0.504. The van der Waals surface area contributed by atoms with E-state index in [2.05, 4.69) is 24.8 Å². The van der Waals surface area contributed by atoms with Gasteiger partial charge in [0.25, 0.3) is 0 Å². The summed E-state index contributed by atoms with van der Waals surface area (Å²) in [4.78, 5) is 23.8. The Morgan fingerprint density at radius 2 is 1.45 bits per heavy atom. The zero-order chi connectivity index (χ0) is 20.3. The molecule has 0 aromatic heterocycles. The van der Waals surface area contributed by atoms with E-state index in [9.17, 15) is 9.59 Å². The second-order valence-electron chi connectivity index (χ2n) is 7.29. The van der Waals surface area contributed by atoms with Crippen LogP contribution >= 0.6 is 0 Å². The number of hydrogen-bond acceptors (Lipinski definition) is 4. The highest BCUT2D eigenvalue weighted by molar-refractivity contribution is 6.24. The van der Waals surface area contributed by atoms with Crippen LogP contribution < -0.4 is 5.22 Å². The predicted octanol–water partition coefficient (Wildman–Crippen LogP) is 4.71. The second-order valence-corrected chi connectivity index (χ2v) is 7.29. The molecule has 0 radical (unpaired) electrons. The number of esters is 2. The molecule has 5 rings (SSSR count). The fourth-order valence-electron chi connectivity index (χ4n) is 4.48.